The number of unbranched alkanes of at least 4 members (excludes halogenated alkanes) is 2. The lowest BCUT2D eigenvalue weighted by Gasteiger charge is -2.27. The van der Waals surface area contributed by atoms with Crippen LogP contribution in [0.2, 0.25) is 0 Å². The van der Waals surface area contributed by atoms with Gasteiger partial charge in [0.05, 0.1) is 23.3 Å². The van der Waals surface area contributed by atoms with E-state index in [0.29, 0.717) is 38.1 Å². The molecule has 0 fully saturated rings. The number of oxazole rings is 1. The summed E-state index contributed by atoms with van der Waals surface area (Å²) in [4.78, 5) is 13.0. The third kappa shape index (κ3) is 8.05. The second-order valence-corrected chi connectivity index (χ2v) is 12.5. The highest BCUT2D eigenvalue weighted by Crippen LogP contribution is 2.35. The fourth-order valence-electron chi connectivity index (χ4n) is 5.28. The van der Waals surface area contributed by atoms with Gasteiger partial charge in [0.1, 0.15) is 0 Å². The molecule has 41 heavy (non-hydrogen) atoms. The molecule has 0 radical (unpaired) electrons. The number of carbonyl (C=O) groups is 1. The van der Waals surface area contributed by atoms with Gasteiger partial charge >= 0.3 is 11.9 Å². The summed E-state index contributed by atoms with van der Waals surface area (Å²) in [5, 5.41) is 23.0. The molecule has 0 aliphatic carbocycles. The van der Waals surface area contributed by atoms with Crippen molar-refractivity contribution < 1.29 is 47.2 Å². The highest BCUT2D eigenvalue weighted by molar-refractivity contribution is 8.19. The van der Waals surface area contributed by atoms with Gasteiger partial charge < -0.3 is 32.6 Å². The summed E-state index contributed by atoms with van der Waals surface area (Å²) in [6, 6.07) is 10.4. The molecule has 0 atom stereocenters. The van der Waals surface area contributed by atoms with Crippen molar-refractivity contribution in [2.45, 2.75) is 52.0 Å². The molecule has 0 spiro atoms. The van der Waals surface area contributed by atoms with Gasteiger partial charge in [-0.3, -0.25) is 4.79 Å². The Bertz CT molecular complexity index is 1480. The Labute approximate surface area is 243 Å². The average molecular weight is 613 g/mol. The lowest BCUT2D eigenvalue weighted by atomic mass is 10.1. The van der Waals surface area contributed by atoms with Crippen molar-refractivity contribution in [3.8, 4) is 0 Å². The van der Waals surface area contributed by atoms with Gasteiger partial charge in [-0.2, -0.15) is 4.57 Å². The maximum absolute atomic E-state index is 10.8. The van der Waals surface area contributed by atoms with Gasteiger partial charge in [-0.1, -0.05) is 5.04 Å². The van der Waals surface area contributed by atoms with Gasteiger partial charge in [0.25, 0.3) is 5.52 Å². The molecular formula is C27H38N3O9S2+. The molecule has 12 nitrogen and oxygen atoms in total. The van der Waals surface area contributed by atoms with E-state index in [1.807, 2.05) is 20.0 Å². The van der Waals surface area contributed by atoms with Crippen molar-refractivity contribution in [3.63, 3.8) is 0 Å². The van der Waals surface area contributed by atoms with Crippen molar-refractivity contribution in [2.75, 3.05) is 29.5 Å². The summed E-state index contributed by atoms with van der Waals surface area (Å²) < 4.78 is 43.2. The molecule has 4 aromatic rings. The van der Waals surface area contributed by atoms with Crippen LogP contribution in [0.3, 0.4) is 0 Å². The van der Waals surface area contributed by atoms with Crippen molar-refractivity contribution in [3.05, 3.63) is 36.2 Å². The zero-order valence-corrected chi connectivity index (χ0v) is 24.8. The van der Waals surface area contributed by atoms with Crippen LogP contribution in [0.1, 0.15) is 44.4 Å². The molecule has 0 saturated carbocycles. The largest absolute Gasteiger partial charge is 0.481 e. The first kappa shape index (κ1) is 31.4. The van der Waals surface area contributed by atoms with E-state index in [-0.39, 0.29) is 12.2 Å². The summed E-state index contributed by atoms with van der Waals surface area (Å²) in [6.07, 6.45) is 3.60. The number of aromatic nitrogens is 2. The number of carboxylic acids is 1. The molecule has 0 aliphatic heterocycles. The fraction of sp³-hybridized carbons (Fsp3) is 0.481. The van der Waals surface area contributed by atoms with E-state index in [4.69, 9.17) is 14.8 Å². The second kappa shape index (κ2) is 14.1. The van der Waals surface area contributed by atoms with Crippen LogP contribution in [0.5, 0.6) is 0 Å². The molecule has 14 heteroatoms. The van der Waals surface area contributed by atoms with E-state index in [9.17, 15) is 18.5 Å². The quantitative estimate of drug-likeness (QED) is 0.0303. The second-order valence-electron chi connectivity index (χ2n) is 10.1. The number of aryl methyl sites for hydroxylation is 3. The average Bonchev–Trinajstić information content (AvgIpc) is 3.37. The Hall–Kier alpha value is -2.56. The van der Waals surface area contributed by atoms with Crippen molar-refractivity contribution >= 4 is 67.5 Å². The Kier molecular flexibility index (Phi) is 10.8. The highest BCUT2D eigenvalue weighted by Gasteiger charge is 2.22. The van der Waals surface area contributed by atoms with Crippen LogP contribution >= 0.6 is 22.9 Å². The molecule has 0 unspecified atom stereocenters. The third-order valence-electron chi connectivity index (χ3n) is 7.22. The number of rotatable bonds is 17. The molecule has 0 amide bonds. The van der Waals surface area contributed by atoms with Crippen LogP contribution < -0.4 is 9.47 Å². The van der Waals surface area contributed by atoms with Crippen molar-refractivity contribution in [2.24, 2.45) is 7.05 Å². The number of hydrogen-bond donors (Lipinski definition) is 5. The SMILES string of the molecule is Cc1oc2cc3c(cc2[n+]1CCCCCC(=O)O)c1cc(N(CCCSOOO)CCCS(O)(O)O)ccc1n3C. The molecular weight excluding hydrogens is 574 g/mol. The van der Waals surface area contributed by atoms with Gasteiger partial charge in [0.15, 0.2) is 6.54 Å². The summed E-state index contributed by atoms with van der Waals surface area (Å²) in [7, 11) is -1.55. The molecule has 5 N–H and O–H groups in total. The Morgan fingerprint density at radius 1 is 1.05 bits per heavy atom. The molecule has 0 bridgehead atoms. The van der Waals surface area contributed by atoms with Gasteiger partial charge in [0.2, 0.25) is 5.58 Å². The minimum Gasteiger partial charge on any atom is -0.481 e. The third-order valence-corrected chi connectivity index (χ3v) is 8.67. The maximum Gasteiger partial charge on any atom is 0.344 e. The predicted octanol–water partition coefficient (Wildman–Crippen LogP) is 6.20. The minimum absolute atomic E-state index is 0.107. The Morgan fingerprint density at radius 3 is 2.54 bits per heavy atom. The van der Waals surface area contributed by atoms with E-state index < -0.39 is 16.8 Å². The first-order valence-corrected chi connectivity index (χ1v) is 16.1. The number of fused-ring (bicyclic) bond motifs is 4. The molecule has 0 saturated heterocycles. The van der Waals surface area contributed by atoms with Crippen LogP contribution in [0.4, 0.5) is 5.69 Å². The lowest BCUT2D eigenvalue weighted by Crippen LogP contribution is -2.35. The lowest BCUT2D eigenvalue weighted by molar-refractivity contribution is -0.683. The molecule has 2 heterocycles. The Morgan fingerprint density at radius 2 is 1.80 bits per heavy atom. The number of nitrogens with zero attached hydrogens (tertiary/aromatic N) is 3. The number of benzene rings is 2. The summed E-state index contributed by atoms with van der Waals surface area (Å²) in [5.74, 6) is 0.488. The Balaban J connectivity index is 1.64. The topological polar surface area (TPSA) is 162 Å². The number of carboxylic acid groups (broad SMARTS) is 1. The molecule has 2 aromatic carbocycles. The van der Waals surface area contributed by atoms with Crippen LogP contribution in [-0.4, -0.2) is 59.2 Å². The van der Waals surface area contributed by atoms with Crippen LogP contribution in [0, 0.1) is 6.92 Å². The number of hydrogen-bond acceptors (Lipinski definition) is 10. The highest BCUT2D eigenvalue weighted by atomic mass is 32.3. The molecule has 0 aliphatic rings. The van der Waals surface area contributed by atoms with Crippen LogP contribution in [0.25, 0.3) is 32.9 Å². The zero-order chi connectivity index (χ0) is 29.6. The minimum atomic E-state index is -3.57. The first-order valence-electron chi connectivity index (χ1n) is 13.5. The van der Waals surface area contributed by atoms with Crippen LogP contribution in [0.15, 0.2) is 34.7 Å². The van der Waals surface area contributed by atoms with E-state index in [1.54, 1.807) is 0 Å². The summed E-state index contributed by atoms with van der Waals surface area (Å²) in [6.45, 7) is 3.81. The van der Waals surface area contributed by atoms with Crippen molar-refractivity contribution in [1.82, 2.24) is 4.57 Å². The summed E-state index contributed by atoms with van der Waals surface area (Å²) in [5.41, 5.74) is 4.83. The van der Waals surface area contributed by atoms with Gasteiger partial charge in [0, 0.05) is 90.6 Å². The van der Waals surface area contributed by atoms with E-state index in [1.165, 1.54) is 0 Å². The van der Waals surface area contributed by atoms with E-state index in [0.717, 1.165) is 75.9 Å². The zero-order valence-electron chi connectivity index (χ0n) is 23.2. The summed E-state index contributed by atoms with van der Waals surface area (Å²) >= 11 is 0.985. The van der Waals surface area contributed by atoms with Gasteiger partial charge in [-0.05, 0) is 43.9 Å². The number of aliphatic carboxylic acids is 1. The smallest absolute Gasteiger partial charge is 0.344 e. The first-order chi connectivity index (χ1) is 19.6. The molecule has 2 aromatic heterocycles. The van der Waals surface area contributed by atoms with E-state index in [2.05, 4.69) is 47.7 Å². The van der Waals surface area contributed by atoms with Gasteiger partial charge in [-0.25, -0.2) is 5.26 Å². The molecule has 226 valence electrons. The van der Waals surface area contributed by atoms with E-state index >= 15 is 0 Å². The monoisotopic (exact) mass is 612 g/mol. The predicted molar refractivity (Wildman–Crippen MR) is 160 cm³/mol. The molecule has 4 rings (SSSR count). The maximum atomic E-state index is 10.8. The van der Waals surface area contributed by atoms with Crippen molar-refractivity contribution in [1.29, 1.82) is 0 Å². The standard InChI is InChI=1S/C27H37N3O9S2/c1-19-30(13-5-3-4-8-27(31)32)25-17-22-21-16-20(9-10-23(21)28(2)24(22)18-26(25)37-19)29(11-6-14-40-39-38-33)12-7-15-41(34,35)36/h9-10,16-18H,3-8,11-15H2,1-2H3,(H4-,31,32,33,34,35,36)/p+1. The van der Waals surface area contributed by atoms with Gasteiger partial charge in [-0.15, -0.1) is 4.33 Å². The normalized spacial score (nSPS) is 12.6. The number of anilines is 1. The fourth-order valence-corrected chi connectivity index (χ4v) is 6.15. The van der Waals surface area contributed by atoms with Crippen LogP contribution in [-0.2, 0) is 27.8 Å².